The number of hydrogen-bond acceptors (Lipinski definition) is 1. The van der Waals surface area contributed by atoms with Gasteiger partial charge in [0.1, 0.15) is 0 Å². The molecular weight excluding hydrogens is 270 g/mol. The minimum atomic E-state index is 0.201. The highest BCUT2D eigenvalue weighted by Gasteiger charge is 2.55. The second kappa shape index (κ2) is 4.72. The molecule has 2 nitrogen and oxygen atoms in total. The predicted molar refractivity (Wildman–Crippen MR) is 89.0 cm³/mol. The van der Waals surface area contributed by atoms with Crippen molar-refractivity contribution in [3.05, 3.63) is 23.4 Å². The number of allylic oxidation sites excluding steroid dienone is 4. The second-order valence-electron chi connectivity index (χ2n) is 8.63. The van der Waals surface area contributed by atoms with Crippen LogP contribution in [0.3, 0.4) is 0 Å². The molecule has 1 saturated heterocycles. The quantitative estimate of drug-likeness (QED) is 0.652. The predicted octanol–water partition coefficient (Wildman–Crippen LogP) is 4.58. The number of nitrogens with one attached hydrogen (secondary N) is 1. The first-order valence-electron chi connectivity index (χ1n) is 9.13. The molecule has 5 unspecified atom stereocenters. The van der Waals surface area contributed by atoms with Gasteiger partial charge < -0.3 is 5.32 Å². The summed E-state index contributed by atoms with van der Waals surface area (Å²) in [5.41, 5.74) is 3.52. The van der Waals surface area contributed by atoms with Crippen LogP contribution in [0.1, 0.15) is 65.7 Å². The lowest BCUT2D eigenvalue weighted by molar-refractivity contribution is -0.120. The number of carbonyl (C=O) groups is 1. The van der Waals surface area contributed by atoms with Crippen LogP contribution in [-0.4, -0.2) is 5.91 Å². The van der Waals surface area contributed by atoms with Gasteiger partial charge in [-0.15, -0.1) is 0 Å². The van der Waals surface area contributed by atoms with Gasteiger partial charge in [0.2, 0.25) is 5.91 Å². The Morgan fingerprint density at radius 3 is 2.73 bits per heavy atom. The molecule has 5 atom stereocenters. The molecule has 4 rings (SSSR count). The molecule has 2 heteroatoms. The highest BCUT2D eigenvalue weighted by atomic mass is 16.1. The fraction of sp³-hybridized carbons (Fsp3) is 0.750. The summed E-state index contributed by atoms with van der Waals surface area (Å²) >= 11 is 0. The highest BCUT2D eigenvalue weighted by Crippen LogP contribution is 2.63. The van der Waals surface area contributed by atoms with Crippen molar-refractivity contribution in [3.8, 4) is 0 Å². The molecule has 0 aromatic carbocycles. The van der Waals surface area contributed by atoms with Crippen LogP contribution >= 0.6 is 0 Å². The Balaban J connectivity index is 1.70. The van der Waals surface area contributed by atoms with Gasteiger partial charge >= 0.3 is 0 Å². The number of hydrogen-bond donors (Lipinski definition) is 1. The Hall–Kier alpha value is -1.05. The van der Waals surface area contributed by atoms with Gasteiger partial charge in [-0.2, -0.15) is 0 Å². The number of fused-ring (bicyclic) bond motifs is 5. The van der Waals surface area contributed by atoms with Crippen molar-refractivity contribution in [2.45, 2.75) is 65.7 Å². The fourth-order valence-electron chi connectivity index (χ4n) is 6.22. The molecule has 2 fully saturated rings. The Morgan fingerprint density at radius 1 is 1.09 bits per heavy atom. The van der Waals surface area contributed by atoms with Crippen molar-refractivity contribution in [1.29, 1.82) is 0 Å². The first kappa shape index (κ1) is 14.5. The minimum absolute atomic E-state index is 0.201. The van der Waals surface area contributed by atoms with Gasteiger partial charge in [0, 0.05) is 17.5 Å². The summed E-state index contributed by atoms with van der Waals surface area (Å²) in [6, 6.07) is 0. The topological polar surface area (TPSA) is 29.1 Å². The second-order valence-corrected chi connectivity index (χ2v) is 8.63. The summed E-state index contributed by atoms with van der Waals surface area (Å²) in [6.45, 7) is 7.28. The average molecular weight is 299 g/mol. The number of amides is 1. The lowest BCUT2D eigenvalue weighted by atomic mass is 9.50. The summed E-state index contributed by atoms with van der Waals surface area (Å²) in [4.78, 5) is 12.0. The molecule has 4 aliphatic rings. The monoisotopic (exact) mass is 299 g/mol. The molecule has 0 bridgehead atoms. The molecular formula is C20H29NO. The molecule has 3 aliphatic carbocycles. The summed E-state index contributed by atoms with van der Waals surface area (Å²) in [5, 5.41) is 3.24. The van der Waals surface area contributed by atoms with E-state index in [1.807, 2.05) is 0 Å². The molecule has 1 aliphatic heterocycles. The van der Waals surface area contributed by atoms with E-state index < -0.39 is 0 Å². The first-order valence-corrected chi connectivity index (χ1v) is 9.13. The largest absolute Gasteiger partial charge is 0.330 e. The lowest BCUT2D eigenvalue weighted by Crippen LogP contribution is -2.49. The minimum Gasteiger partial charge on any atom is -0.330 e. The van der Waals surface area contributed by atoms with Gasteiger partial charge in [-0.3, -0.25) is 4.79 Å². The maximum Gasteiger partial charge on any atom is 0.224 e. The molecule has 0 radical (unpaired) electrons. The van der Waals surface area contributed by atoms with Crippen LogP contribution < -0.4 is 5.32 Å². The van der Waals surface area contributed by atoms with Crippen LogP contribution in [0.25, 0.3) is 0 Å². The molecule has 1 amide bonds. The van der Waals surface area contributed by atoms with Crippen LogP contribution in [0, 0.1) is 28.6 Å². The molecule has 1 N–H and O–H groups in total. The van der Waals surface area contributed by atoms with E-state index in [0.29, 0.717) is 11.8 Å². The zero-order chi connectivity index (χ0) is 15.5. The fourth-order valence-corrected chi connectivity index (χ4v) is 6.22. The van der Waals surface area contributed by atoms with Crippen LogP contribution in [0.5, 0.6) is 0 Å². The molecule has 1 heterocycles. The SMILES string of the molecule is CC1=CCC2C3CC=C4NC(=O)CCCC4(C)C3CCC12C. The zero-order valence-electron chi connectivity index (χ0n) is 14.2. The van der Waals surface area contributed by atoms with Gasteiger partial charge in [-0.25, -0.2) is 0 Å². The van der Waals surface area contributed by atoms with Crippen LogP contribution in [-0.2, 0) is 4.79 Å². The molecule has 0 aromatic rings. The van der Waals surface area contributed by atoms with Crippen LogP contribution in [0.4, 0.5) is 0 Å². The van der Waals surface area contributed by atoms with E-state index in [2.05, 4.69) is 38.2 Å². The summed E-state index contributed by atoms with van der Waals surface area (Å²) in [7, 11) is 0. The lowest BCUT2D eigenvalue weighted by Gasteiger charge is -2.55. The third-order valence-electron chi connectivity index (χ3n) is 7.81. The highest BCUT2D eigenvalue weighted by molar-refractivity contribution is 5.78. The molecule has 0 aromatic heterocycles. The van der Waals surface area contributed by atoms with E-state index in [9.17, 15) is 4.79 Å². The van der Waals surface area contributed by atoms with Crippen molar-refractivity contribution < 1.29 is 4.79 Å². The first-order chi connectivity index (χ1) is 10.4. The van der Waals surface area contributed by atoms with Crippen molar-refractivity contribution in [3.63, 3.8) is 0 Å². The Bertz CT molecular complexity index is 574. The van der Waals surface area contributed by atoms with Crippen molar-refractivity contribution >= 4 is 5.91 Å². The van der Waals surface area contributed by atoms with Gasteiger partial charge in [0.25, 0.3) is 0 Å². The van der Waals surface area contributed by atoms with E-state index >= 15 is 0 Å². The van der Waals surface area contributed by atoms with Crippen molar-refractivity contribution in [2.24, 2.45) is 28.6 Å². The van der Waals surface area contributed by atoms with E-state index in [4.69, 9.17) is 0 Å². The summed E-state index contributed by atoms with van der Waals surface area (Å²) < 4.78 is 0. The average Bonchev–Trinajstić information content (AvgIpc) is 2.68. The smallest absolute Gasteiger partial charge is 0.224 e. The third kappa shape index (κ3) is 1.82. The molecule has 120 valence electrons. The molecule has 1 saturated carbocycles. The number of carbonyl (C=O) groups excluding carboxylic acids is 1. The standard InChI is InChI=1S/C20H29NO/c1-13-6-8-15-14-7-9-17-20(3,11-4-5-18(22)21-17)16(14)10-12-19(13,15)2/h6,9,14-16H,4-5,7-8,10-12H2,1-3H3,(H,21,22). The van der Waals surface area contributed by atoms with E-state index in [0.717, 1.165) is 30.6 Å². The van der Waals surface area contributed by atoms with Gasteiger partial charge in [0.15, 0.2) is 0 Å². The zero-order valence-corrected chi connectivity index (χ0v) is 14.2. The normalized spacial score (nSPS) is 47.4. The maximum atomic E-state index is 12.0. The Kier molecular flexibility index (Phi) is 3.12. The molecule has 22 heavy (non-hydrogen) atoms. The Labute approximate surface area is 134 Å². The summed E-state index contributed by atoms with van der Waals surface area (Å²) in [5.74, 6) is 2.60. The van der Waals surface area contributed by atoms with Crippen molar-refractivity contribution in [2.75, 3.05) is 0 Å². The Morgan fingerprint density at radius 2 is 1.91 bits per heavy atom. The maximum absolute atomic E-state index is 12.0. The number of rotatable bonds is 0. The van der Waals surface area contributed by atoms with Gasteiger partial charge in [-0.1, -0.05) is 31.6 Å². The van der Waals surface area contributed by atoms with E-state index in [1.165, 1.54) is 31.4 Å². The van der Waals surface area contributed by atoms with Crippen LogP contribution in [0.15, 0.2) is 23.4 Å². The van der Waals surface area contributed by atoms with Crippen LogP contribution in [0.2, 0.25) is 0 Å². The summed E-state index contributed by atoms with van der Waals surface area (Å²) in [6.07, 6.45) is 12.9. The van der Waals surface area contributed by atoms with Gasteiger partial charge in [0.05, 0.1) is 0 Å². The van der Waals surface area contributed by atoms with E-state index in [-0.39, 0.29) is 11.3 Å². The van der Waals surface area contributed by atoms with Gasteiger partial charge in [-0.05, 0) is 68.6 Å². The molecule has 0 spiro atoms. The van der Waals surface area contributed by atoms with E-state index in [1.54, 1.807) is 5.57 Å². The van der Waals surface area contributed by atoms with Crippen molar-refractivity contribution in [1.82, 2.24) is 5.32 Å². The third-order valence-corrected chi connectivity index (χ3v) is 7.81.